The molecule has 2 aliphatic rings. The van der Waals surface area contributed by atoms with E-state index in [9.17, 15) is 9.18 Å². The summed E-state index contributed by atoms with van der Waals surface area (Å²) in [6.45, 7) is 2.91. The van der Waals surface area contributed by atoms with Crippen LogP contribution in [0.5, 0.6) is 11.6 Å². The minimum absolute atomic E-state index is 0.114. The third-order valence-electron chi connectivity index (χ3n) is 5.74. The van der Waals surface area contributed by atoms with Gasteiger partial charge in [-0.1, -0.05) is 6.07 Å². The van der Waals surface area contributed by atoms with Gasteiger partial charge in [-0.2, -0.15) is 4.98 Å². The van der Waals surface area contributed by atoms with Gasteiger partial charge in [0.25, 0.3) is 0 Å². The summed E-state index contributed by atoms with van der Waals surface area (Å²) in [5.74, 6) is 0.945. The number of aromatic nitrogens is 2. The number of anilines is 1. The Morgan fingerprint density at radius 3 is 2.75 bits per heavy atom. The molecule has 0 bridgehead atoms. The van der Waals surface area contributed by atoms with Crippen LogP contribution in [-0.2, 0) is 13.2 Å². The first-order valence-electron chi connectivity index (χ1n) is 9.94. The summed E-state index contributed by atoms with van der Waals surface area (Å²) in [4.78, 5) is 18.3. The van der Waals surface area contributed by atoms with E-state index in [1.807, 2.05) is 11.9 Å². The minimum Gasteiger partial charge on any atom is -0.487 e. The lowest BCUT2D eigenvalue weighted by Crippen LogP contribution is -2.41. The fourth-order valence-corrected chi connectivity index (χ4v) is 3.86. The molecule has 1 atom stereocenters. The van der Waals surface area contributed by atoms with Gasteiger partial charge in [-0.15, -0.1) is 0 Å². The molecule has 0 N–H and O–H groups in total. The first-order chi connectivity index (χ1) is 13.5. The first kappa shape index (κ1) is 18.8. The van der Waals surface area contributed by atoms with Crippen LogP contribution < -0.4 is 20.1 Å². The van der Waals surface area contributed by atoms with Crippen molar-refractivity contribution in [2.75, 3.05) is 11.9 Å². The third kappa shape index (κ3) is 3.84. The van der Waals surface area contributed by atoms with E-state index < -0.39 is 0 Å². The summed E-state index contributed by atoms with van der Waals surface area (Å²) in [7, 11) is 1.96. The number of rotatable bonds is 5. The van der Waals surface area contributed by atoms with Gasteiger partial charge in [0.1, 0.15) is 12.4 Å². The Kier molecular flexibility index (Phi) is 5.24. The minimum atomic E-state index is -0.389. The Bertz CT molecular complexity index is 908. The van der Waals surface area contributed by atoms with Crippen LogP contribution in [-0.4, -0.2) is 28.7 Å². The molecular formula is C21H26FN3O3. The van der Waals surface area contributed by atoms with Gasteiger partial charge in [0, 0.05) is 25.7 Å². The zero-order valence-corrected chi connectivity index (χ0v) is 16.4. The van der Waals surface area contributed by atoms with Crippen molar-refractivity contribution >= 4 is 5.82 Å². The van der Waals surface area contributed by atoms with Gasteiger partial charge in [0.15, 0.2) is 11.6 Å². The maximum absolute atomic E-state index is 14.4. The number of halogens is 1. The largest absolute Gasteiger partial charge is 0.487 e. The summed E-state index contributed by atoms with van der Waals surface area (Å²) in [5, 5.41) is 0. The van der Waals surface area contributed by atoms with Gasteiger partial charge in [0.2, 0.25) is 5.88 Å². The highest BCUT2D eigenvalue weighted by Gasteiger charge is 2.22. The lowest BCUT2D eigenvalue weighted by molar-refractivity contribution is 0.200. The van der Waals surface area contributed by atoms with E-state index in [2.05, 4.69) is 11.9 Å². The molecule has 1 fully saturated rings. The Hall–Kier alpha value is -2.57. The predicted octanol–water partition coefficient (Wildman–Crippen LogP) is 3.51. The Morgan fingerprint density at radius 1 is 1.21 bits per heavy atom. The molecule has 1 aliphatic heterocycles. The molecule has 0 amide bonds. The Balaban J connectivity index is 1.45. The summed E-state index contributed by atoms with van der Waals surface area (Å²) in [6, 6.07) is 6.97. The second-order valence-corrected chi connectivity index (χ2v) is 7.71. The molecular weight excluding hydrogens is 361 g/mol. The van der Waals surface area contributed by atoms with Crippen LogP contribution in [0.15, 0.2) is 29.1 Å². The van der Waals surface area contributed by atoms with Gasteiger partial charge in [-0.3, -0.25) is 4.57 Å². The molecule has 1 aromatic heterocycles. The van der Waals surface area contributed by atoms with E-state index in [4.69, 9.17) is 9.47 Å². The number of hydrogen-bond acceptors (Lipinski definition) is 5. The lowest BCUT2D eigenvalue weighted by Gasteiger charge is -2.34. The summed E-state index contributed by atoms with van der Waals surface area (Å²) >= 11 is 0. The topological polar surface area (TPSA) is 56.6 Å². The molecule has 0 radical (unpaired) electrons. The van der Waals surface area contributed by atoms with Crippen LogP contribution in [0.2, 0.25) is 0 Å². The van der Waals surface area contributed by atoms with Crippen molar-refractivity contribution in [3.8, 4) is 11.6 Å². The van der Waals surface area contributed by atoms with Crippen molar-refractivity contribution in [2.45, 2.75) is 64.3 Å². The number of fused-ring (bicyclic) bond motifs is 1. The molecule has 1 saturated carbocycles. The zero-order valence-electron chi connectivity index (χ0n) is 16.4. The second kappa shape index (κ2) is 7.81. The van der Waals surface area contributed by atoms with Crippen molar-refractivity contribution in [2.24, 2.45) is 0 Å². The molecule has 2 heterocycles. The summed E-state index contributed by atoms with van der Waals surface area (Å²) < 4.78 is 27.4. The molecule has 150 valence electrons. The van der Waals surface area contributed by atoms with Crippen molar-refractivity contribution < 1.29 is 13.9 Å². The maximum atomic E-state index is 14.4. The van der Waals surface area contributed by atoms with Crippen LogP contribution >= 0.6 is 0 Å². The van der Waals surface area contributed by atoms with E-state index in [1.54, 1.807) is 22.8 Å². The summed E-state index contributed by atoms with van der Waals surface area (Å²) in [6.07, 6.45) is 5.26. The van der Waals surface area contributed by atoms with Gasteiger partial charge >= 0.3 is 5.69 Å². The Morgan fingerprint density at radius 2 is 2.00 bits per heavy atom. The first-order valence-corrected chi connectivity index (χ1v) is 9.94. The van der Waals surface area contributed by atoms with Gasteiger partial charge < -0.3 is 14.4 Å². The maximum Gasteiger partial charge on any atom is 0.352 e. The molecule has 4 rings (SSSR count). The molecule has 28 heavy (non-hydrogen) atoms. The van der Waals surface area contributed by atoms with Gasteiger partial charge in [0.05, 0.1) is 6.10 Å². The molecule has 1 aromatic carbocycles. The van der Waals surface area contributed by atoms with Gasteiger partial charge in [-0.25, -0.2) is 9.18 Å². The monoisotopic (exact) mass is 387 g/mol. The van der Waals surface area contributed by atoms with Crippen LogP contribution in [0.3, 0.4) is 0 Å². The van der Waals surface area contributed by atoms with Crippen LogP contribution in [0.1, 0.15) is 44.6 Å². The third-order valence-corrected chi connectivity index (χ3v) is 5.74. The average molecular weight is 387 g/mol. The normalized spacial score (nSPS) is 19.5. The standard InChI is InChI=1S/C21H26FN3O3/c1-14-9-10-25-20(24(14)2)12-19(23-21(25)26)27-13-15-7-8-18(17(22)11-15)28-16-5-3-4-6-16/h7-8,11-12,14,16H,3-6,9-10,13H2,1-2H3/t14-/m0/s1. The van der Waals surface area contributed by atoms with E-state index in [0.29, 0.717) is 18.2 Å². The van der Waals surface area contributed by atoms with Crippen molar-refractivity contribution in [3.63, 3.8) is 0 Å². The van der Waals surface area contributed by atoms with Gasteiger partial charge in [-0.05, 0) is 56.7 Å². The van der Waals surface area contributed by atoms with Crippen molar-refractivity contribution in [3.05, 3.63) is 46.1 Å². The number of hydrogen-bond donors (Lipinski definition) is 0. The predicted molar refractivity (Wildman–Crippen MR) is 105 cm³/mol. The fraction of sp³-hybridized carbons (Fsp3) is 0.524. The Labute approximate surface area is 163 Å². The van der Waals surface area contributed by atoms with E-state index in [0.717, 1.165) is 37.9 Å². The zero-order chi connectivity index (χ0) is 19.7. The van der Waals surface area contributed by atoms with Crippen molar-refractivity contribution in [1.29, 1.82) is 0 Å². The van der Waals surface area contributed by atoms with E-state index in [-0.39, 0.29) is 35.8 Å². The quantitative estimate of drug-likeness (QED) is 0.786. The van der Waals surface area contributed by atoms with E-state index in [1.165, 1.54) is 6.07 Å². The highest BCUT2D eigenvalue weighted by Crippen LogP contribution is 2.27. The molecule has 1 aliphatic carbocycles. The highest BCUT2D eigenvalue weighted by atomic mass is 19.1. The number of ether oxygens (including phenoxy) is 2. The number of nitrogens with zero attached hydrogens (tertiary/aromatic N) is 3. The smallest absolute Gasteiger partial charge is 0.352 e. The fourth-order valence-electron chi connectivity index (χ4n) is 3.86. The molecule has 6 nitrogen and oxygen atoms in total. The summed E-state index contributed by atoms with van der Waals surface area (Å²) in [5.41, 5.74) is 0.343. The SMILES string of the molecule is C[C@H]1CCn2c(cc(OCc3ccc(OC4CCCC4)c(F)c3)nc2=O)N1C. The molecule has 7 heteroatoms. The second-order valence-electron chi connectivity index (χ2n) is 7.71. The van der Waals surface area contributed by atoms with Crippen LogP contribution in [0.4, 0.5) is 10.2 Å². The number of benzene rings is 1. The van der Waals surface area contributed by atoms with Crippen molar-refractivity contribution in [1.82, 2.24) is 9.55 Å². The molecule has 0 saturated heterocycles. The molecule has 0 spiro atoms. The molecule has 0 unspecified atom stereocenters. The highest BCUT2D eigenvalue weighted by molar-refractivity contribution is 5.44. The average Bonchev–Trinajstić information content (AvgIpc) is 3.18. The van der Waals surface area contributed by atoms with Crippen LogP contribution in [0, 0.1) is 5.82 Å². The van der Waals surface area contributed by atoms with Crippen LogP contribution in [0.25, 0.3) is 0 Å². The van der Waals surface area contributed by atoms with E-state index >= 15 is 0 Å². The lowest BCUT2D eigenvalue weighted by atomic mass is 10.1. The molecule has 2 aromatic rings.